The van der Waals surface area contributed by atoms with Crippen LogP contribution in [0.3, 0.4) is 0 Å². The number of nitrogens with zero attached hydrogens (tertiary/aromatic N) is 1. The fourth-order valence-corrected chi connectivity index (χ4v) is 3.69. The fraction of sp³-hybridized carbons (Fsp3) is 0.240. The molecule has 3 rings (SSSR count). The summed E-state index contributed by atoms with van der Waals surface area (Å²) in [7, 11) is 1.58. The third kappa shape index (κ3) is 4.14. The number of esters is 1. The highest BCUT2D eigenvalue weighted by molar-refractivity contribution is 6.08. The van der Waals surface area contributed by atoms with Crippen LogP contribution in [0.1, 0.15) is 28.3 Å². The van der Waals surface area contributed by atoms with Crippen molar-refractivity contribution in [1.82, 2.24) is 5.32 Å². The van der Waals surface area contributed by atoms with Crippen molar-refractivity contribution < 1.29 is 23.9 Å². The lowest BCUT2D eigenvalue weighted by Crippen LogP contribution is -2.65. The Morgan fingerprint density at radius 2 is 1.75 bits per heavy atom. The Balaban J connectivity index is 2.08. The number of anilines is 1. The summed E-state index contributed by atoms with van der Waals surface area (Å²) in [4.78, 5) is 38.4. The lowest BCUT2D eigenvalue weighted by Gasteiger charge is -2.47. The molecule has 2 atom stereocenters. The lowest BCUT2D eigenvalue weighted by molar-refractivity contribution is -0.131. The molecule has 0 aromatic heterocycles. The number of hydrogen-bond acceptors (Lipinski definition) is 5. The SMILES string of the molecule is C=CC(=O)N[C@@H]1C(=O)N(c2cc(C)c(C)c(OC)c2)[C@H]1c1ccc(C)c(OC(=O)C=C)c1. The molecule has 7 nitrogen and oxygen atoms in total. The third-order valence-electron chi connectivity index (χ3n) is 5.61. The summed E-state index contributed by atoms with van der Waals surface area (Å²) in [5.41, 5.74) is 4.05. The number of methoxy groups -OCH3 is 1. The van der Waals surface area contributed by atoms with Crippen LogP contribution in [0.25, 0.3) is 0 Å². The number of amides is 2. The van der Waals surface area contributed by atoms with Gasteiger partial charge in [0.15, 0.2) is 0 Å². The first-order chi connectivity index (χ1) is 15.2. The Bertz CT molecular complexity index is 1120. The number of hydrogen-bond donors (Lipinski definition) is 1. The van der Waals surface area contributed by atoms with E-state index in [-0.39, 0.29) is 5.91 Å². The molecule has 1 N–H and O–H groups in total. The summed E-state index contributed by atoms with van der Waals surface area (Å²) >= 11 is 0. The Hall–Kier alpha value is -3.87. The molecule has 0 spiro atoms. The van der Waals surface area contributed by atoms with E-state index in [1.807, 2.05) is 32.9 Å². The van der Waals surface area contributed by atoms with Crippen LogP contribution in [0, 0.1) is 20.8 Å². The average molecular weight is 434 g/mol. The molecule has 1 aliphatic rings. The summed E-state index contributed by atoms with van der Waals surface area (Å²) in [6, 6.07) is 7.74. The van der Waals surface area contributed by atoms with Gasteiger partial charge in [-0.3, -0.25) is 9.59 Å². The highest BCUT2D eigenvalue weighted by atomic mass is 16.5. The first-order valence-electron chi connectivity index (χ1n) is 10.1. The van der Waals surface area contributed by atoms with Crippen LogP contribution in [0.15, 0.2) is 55.6 Å². The second-order valence-electron chi connectivity index (χ2n) is 7.58. The van der Waals surface area contributed by atoms with Crippen molar-refractivity contribution in [3.8, 4) is 11.5 Å². The fourth-order valence-electron chi connectivity index (χ4n) is 3.69. The summed E-state index contributed by atoms with van der Waals surface area (Å²) in [5.74, 6) is -0.271. The van der Waals surface area contributed by atoms with E-state index in [0.717, 1.165) is 28.8 Å². The molecule has 2 aromatic carbocycles. The van der Waals surface area contributed by atoms with E-state index in [1.165, 1.54) is 0 Å². The van der Waals surface area contributed by atoms with Gasteiger partial charge in [0.1, 0.15) is 17.5 Å². The van der Waals surface area contributed by atoms with Crippen molar-refractivity contribution in [2.45, 2.75) is 32.9 Å². The number of nitrogens with one attached hydrogen (secondary N) is 1. The van der Waals surface area contributed by atoms with Crippen LogP contribution in [0.2, 0.25) is 0 Å². The number of aryl methyl sites for hydroxylation is 2. The molecule has 0 saturated carbocycles. The Morgan fingerprint density at radius 1 is 1.03 bits per heavy atom. The van der Waals surface area contributed by atoms with Crippen LogP contribution < -0.4 is 19.7 Å². The molecule has 0 aliphatic carbocycles. The van der Waals surface area contributed by atoms with Crippen LogP contribution in [0.4, 0.5) is 5.69 Å². The molecule has 0 unspecified atom stereocenters. The van der Waals surface area contributed by atoms with Crippen LogP contribution in [-0.4, -0.2) is 30.9 Å². The van der Waals surface area contributed by atoms with Crippen molar-refractivity contribution in [1.29, 1.82) is 0 Å². The first-order valence-corrected chi connectivity index (χ1v) is 10.1. The van der Waals surface area contributed by atoms with E-state index < -0.39 is 24.0 Å². The van der Waals surface area contributed by atoms with Gasteiger partial charge in [-0.15, -0.1) is 0 Å². The molecule has 1 saturated heterocycles. The highest BCUT2D eigenvalue weighted by Gasteiger charge is 2.50. The predicted molar refractivity (Wildman–Crippen MR) is 122 cm³/mol. The van der Waals surface area contributed by atoms with Gasteiger partial charge in [-0.25, -0.2) is 4.79 Å². The molecular formula is C25H26N2O5. The van der Waals surface area contributed by atoms with Crippen LogP contribution in [-0.2, 0) is 14.4 Å². The second kappa shape index (κ2) is 9.09. The molecule has 1 fully saturated rings. The van der Waals surface area contributed by atoms with E-state index in [1.54, 1.807) is 30.2 Å². The molecule has 2 aromatic rings. The highest BCUT2D eigenvalue weighted by Crippen LogP contribution is 2.42. The van der Waals surface area contributed by atoms with Crippen molar-refractivity contribution in [3.05, 3.63) is 77.9 Å². The monoisotopic (exact) mass is 434 g/mol. The van der Waals surface area contributed by atoms with Gasteiger partial charge in [-0.1, -0.05) is 25.3 Å². The van der Waals surface area contributed by atoms with E-state index in [4.69, 9.17) is 9.47 Å². The van der Waals surface area contributed by atoms with Crippen LogP contribution in [0.5, 0.6) is 11.5 Å². The Kier molecular flexibility index (Phi) is 6.48. The summed E-state index contributed by atoms with van der Waals surface area (Å²) < 4.78 is 10.8. The van der Waals surface area contributed by atoms with Gasteiger partial charge < -0.3 is 19.7 Å². The van der Waals surface area contributed by atoms with Gasteiger partial charge in [0.2, 0.25) is 5.91 Å². The molecule has 2 amide bonds. The van der Waals surface area contributed by atoms with Crippen molar-refractivity contribution >= 4 is 23.5 Å². The lowest BCUT2D eigenvalue weighted by atomic mass is 9.86. The molecule has 0 radical (unpaired) electrons. The zero-order chi connectivity index (χ0) is 23.6. The third-order valence-corrected chi connectivity index (χ3v) is 5.61. The standard InChI is InChI=1S/C25H26N2O5/c1-7-21(28)26-23-24(17-10-9-14(3)19(12-17)32-22(29)8-2)27(25(23)30)18-11-15(4)16(5)20(13-18)31-6/h7-13,23-24H,1-2H2,3-6H3,(H,26,28)/t23-,24-/m0/s1. The van der Waals surface area contributed by atoms with E-state index in [0.29, 0.717) is 22.7 Å². The average Bonchev–Trinajstić information content (AvgIpc) is 2.78. The molecule has 166 valence electrons. The minimum absolute atomic E-state index is 0.263. The van der Waals surface area contributed by atoms with Gasteiger partial charge in [0.05, 0.1) is 13.2 Å². The van der Waals surface area contributed by atoms with Crippen molar-refractivity contribution in [2.24, 2.45) is 0 Å². The molecule has 1 heterocycles. The number of rotatable bonds is 7. The zero-order valence-electron chi connectivity index (χ0n) is 18.6. The van der Waals surface area contributed by atoms with Crippen LogP contribution >= 0.6 is 0 Å². The summed E-state index contributed by atoms with van der Waals surface area (Å²) in [6.07, 6.45) is 2.21. The molecule has 0 bridgehead atoms. The maximum absolute atomic E-state index is 13.1. The van der Waals surface area contributed by atoms with Gasteiger partial charge in [0.25, 0.3) is 5.91 Å². The number of carbonyl (C=O) groups is 3. The van der Waals surface area contributed by atoms with Gasteiger partial charge in [0, 0.05) is 17.8 Å². The second-order valence-corrected chi connectivity index (χ2v) is 7.58. The number of benzene rings is 2. The summed E-state index contributed by atoms with van der Waals surface area (Å²) in [6.45, 7) is 12.6. The van der Waals surface area contributed by atoms with Gasteiger partial charge in [-0.05, 0) is 61.2 Å². The maximum Gasteiger partial charge on any atom is 0.335 e. The molecular weight excluding hydrogens is 408 g/mol. The molecule has 1 aliphatic heterocycles. The quantitative estimate of drug-likeness (QED) is 0.312. The normalized spacial score (nSPS) is 17.2. The topological polar surface area (TPSA) is 84.9 Å². The zero-order valence-corrected chi connectivity index (χ0v) is 18.6. The Labute approximate surface area is 187 Å². The van der Waals surface area contributed by atoms with E-state index in [2.05, 4.69) is 18.5 Å². The maximum atomic E-state index is 13.1. The molecule has 7 heteroatoms. The van der Waals surface area contributed by atoms with E-state index in [9.17, 15) is 14.4 Å². The Morgan fingerprint density at radius 3 is 2.38 bits per heavy atom. The summed E-state index contributed by atoms with van der Waals surface area (Å²) in [5, 5.41) is 2.70. The molecule has 32 heavy (non-hydrogen) atoms. The minimum atomic E-state index is -0.793. The van der Waals surface area contributed by atoms with Gasteiger partial charge in [-0.2, -0.15) is 0 Å². The largest absolute Gasteiger partial charge is 0.496 e. The number of ether oxygens (including phenoxy) is 2. The smallest absolute Gasteiger partial charge is 0.335 e. The first kappa shape index (κ1) is 22.8. The van der Waals surface area contributed by atoms with E-state index >= 15 is 0 Å². The van der Waals surface area contributed by atoms with Gasteiger partial charge >= 0.3 is 5.97 Å². The predicted octanol–water partition coefficient (Wildman–Crippen LogP) is 3.47. The number of carbonyl (C=O) groups excluding carboxylic acids is 3. The number of β-lactam (4-membered cyclic amide) rings is 1. The van der Waals surface area contributed by atoms with Crippen molar-refractivity contribution in [2.75, 3.05) is 12.0 Å². The minimum Gasteiger partial charge on any atom is -0.496 e. The van der Waals surface area contributed by atoms with Crippen molar-refractivity contribution in [3.63, 3.8) is 0 Å².